The molecule has 118 valence electrons. The highest BCUT2D eigenvalue weighted by atomic mass is 19.1. The first-order valence-electron chi connectivity index (χ1n) is 8.43. The Balaban J connectivity index is 2.45. The van der Waals surface area contributed by atoms with Gasteiger partial charge in [0.1, 0.15) is 6.17 Å². The molecule has 1 fully saturated rings. The number of aliphatic hydroxyl groups is 1. The average Bonchev–Trinajstić information content (AvgIpc) is 2.44. The molecule has 0 aromatic carbocycles. The van der Waals surface area contributed by atoms with Gasteiger partial charge in [0, 0.05) is 6.61 Å². The van der Waals surface area contributed by atoms with E-state index in [1.165, 1.54) is 5.57 Å². The molecule has 1 aliphatic rings. The third kappa shape index (κ3) is 5.20. The van der Waals surface area contributed by atoms with Crippen molar-refractivity contribution in [3.8, 4) is 0 Å². The molecule has 1 nitrogen and oxygen atoms in total. The van der Waals surface area contributed by atoms with Gasteiger partial charge in [0.05, 0.1) is 0 Å². The molecular formula is C18H33FO. The van der Waals surface area contributed by atoms with E-state index in [1.54, 1.807) is 0 Å². The lowest BCUT2D eigenvalue weighted by Crippen LogP contribution is -2.24. The van der Waals surface area contributed by atoms with E-state index in [1.807, 2.05) is 6.92 Å². The summed E-state index contributed by atoms with van der Waals surface area (Å²) < 4.78 is 13.5. The average molecular weight is 284 g/mol. The number of rotatable bonds is 8. The van der Waals surface area contributed by atoms with E-state index in [0.717, 1.165) is 38.5 Å². The molecule has 20 heavy (non-hydrogen) atoms. The van der Waals surface area contributed by atoms with Gasteiger partial charge in [-0.05, 0) is 68.6 Å². The predicted molar refractivity (Wildman–Crippen MR) is 84.4 cm³/mol. The minimum absolute atomic E-state index is 0.247. The SMILES string of the molecule is C=C(C1CCC(CC(F)CC)CC1)[C@H](CCO)C(C)C. The van der Waals surface area contributed by atoms with Crippen LogP contribution < -0.4 is 0 Å². The molecule has 1 N–H and O–H groups in total. The van der Waals surface area contributed by atoms with Gasteiger partial charge in [-0.3, -0.25) is 0 Å². The van der Waals surface area contributed by atoms with Gasteiger partial charge in [0.25, 0.3) is 0 Å². The summed E-state index contributed by atoms with van der Waals surface area (Å²) in [6.07, 6.45) is 6.24. The van der Waals surface area contributed by atoms with Gasteiger partial charge in [-0.2, -0.15) is 0 Å². The second kappa shape index (κ2) is 8.81. The molecular weight excluding hydrogens is 251 g/mol. The van der Waals surface area contributed by atoms with Crippen molar-refractivity contribution < 1.29 is 9.50 Å². The van der Waals surface area contributed by atoms with Crippen LogP contribution in [0.3, 0.4) is 0 Å². The summed E-state index contributed by atoms with van der Waals surface area (Å²) in [6.45, 7) is 10.9. The highest BCUT2D eigenvalue weighted by Crippen LogP contribution is 2.40. The number of aliphatic hydroxyl groups excluding tert-OH is 1. The van der Waals surface area contributed by atoms with Gasteiger partial charge in [0.2, 0.25) is 0 Å². The van der Waals surface area contributed by atoms with E-state index in [4.69, 9.17) is 0 Å². The largest absolute Gasteiger partial charge is 0.396 e. The maximum absolute atomic E-state index is 13.5. The van der Waals surface area contributed by atoms with Crippen LogP contribution in [-0.4, -0.2) is 17.9 Å². The molecule has 0 bridgehead atoms. The van der Waals surface area contributed by atoms with E-state index in [9.17, 15) is 9.50 Å². The molecule has 2 heteroatoms. The molecule has 0 spiro atoms. The fourth-order valence-electron chi connectivity index (χ4n) is 3.69. The van der Waals surface area contributed by atoms with Gasteiger partial charge in [-0.15, -0.1) is 0 Å². The van der Waals surface area contributed by atoms with Crippen molar-refractivity contribution >= 4 is 0 Å². The van der Waals surface area contributed by atoms with Gasteiger partial charge in [-0.25, -0.2) is 4.39 Å². The maximum atomic E-state index is 13.5. The molecule has 1 rings (SSSR count). The van der Waals surface area contributed by atoms with Crippen molar-refractivity contribution in [2.75, 3.05) is 6.61 Å². The standard InChI is InChI=1S/C18H33FO/c1-5-17(19)12-15-6-8-16(9-7-15)14(4)18(10-11-20)13(2)3/h13,15-18,20H,4-12H2,1-3H3/t15?,16?,17?,18-/m1/s1. The Kier molecular flexibility index (Phi) is 7.79. The first-order valence-corrected chi connectivity index (χ1v) is 8.43. The van der Waals surface area contributed by atoms with E-state index in [-0.39, 0.29) is 6.61 Å². The molecule has 0 aromatic rings. The van der Waals surface area contributed by atoms with Gasteiger partial charge < -0.3 is 5.11 Å². The zero-order valence-corrected chi connectivity index (χ0v) is 13.6. The van der Waals surface area contributed by atoms with Crippen LogP contribution in [0.4, 0.5) is 4.39 Å². The highest BCUT2D eigenvalue weighted by Gasteiger charge is 2.28. The molecule has 2 atom stereocenters. The van der Waals surface area contributed by atoms with Crippen molar-refractivity contribution in [1.29, 1.82) is 0 Å². The summed E-state index contributed by atoms with van der Waals surface area (Å²) in [5.74, 6) is 2.14. The number of allylic oxidation sites excluding steroid dienone is 1. The zero-order valence-electron chi connectivity index (χ0n) is 13.6. The van der Waals surface area contributed by atoms with Crippen LogP contribution in [0.5, 0.6) is 0 Å². The first-order chi connectivity index (χ1) is 9.49. The van der Waals surface area contributed by atoms with Crippen LogP contribution in [0.25, 0.3) is 0 Å². The summed E-state index contributed by atoms with van der Waals surface area (Å²) in [5.41, 5.74) is 1.33. The Hall–Kier alpha value is -0.370. The molecule has 0 aromatic heterocycles. The monoisotopic (exact) mass is 284 g/mol. The lowest BCUT2D eigenvalue weighted by Gasteiger charge is -2.34. The summed E-state index contributed by atoms with van der Waals surface area (Å²) in [5, 5.41) is 9.22. The highest BCUT2D eigenvalue weighted by molar-refractivity contribution is 5.08. The normalized spacial score (nSPS) is 26.5. The van der Waals surface area contributed by atoms with Crippen LogP contribution in [0.1, 0.15) is 65.7 Å². The fraction of sp³-hybridized carbons (Fsp3) is 0.889. The van der Waals surface area contributed by atoms with Gasteiger partial charge >= 0.3 is 0 Å². The Morgan fingerprint density at radius 1 is 1.25 bits per heavy atom. The Morgan fingerprint density at radius 2 is 1.85 bits per heavy atom. The molecule has 0 aliphatic heterocycles. The topological polar surface area (TPSA) is 20.2 Å². The molecule has 0 radical (unpaired) electrons. The minimum atomic E-state index is -0.613. The number of alkyl halides is 1. The molecule has 0 amide bonds. The van der Waals surface area contributed by atoms with Gasteiger partial charge in [-0.1, -0.05) is 32.9 Å². The van der Waals surface area contributed by atoms with Crippen molar-refractivity contribution in [3.05, 3.63) is 12.2 Å². The van der Waals surface area contributed by atoms with Crippen LogP contribution in [-0.2, 0) is 0 Å². The van der Waals surface area contributed by atoms with Crippen LogP contribution >= 0.6 is 0 Å². The summed E-state index contributed by atoms with van der Waals surface area (Å²) in [4.78, 5) is 0. The second-order valence-corrected chi connectivity index (χ2v) is 6.90. The Morgan fingerprint density at radius 3 is 2.30 bits per heavy atom. The van der Waals surface area contributed by atoms with Crippen molar-refractivity contribution in [1.82, 2.24) is 0 Å². The molecule has 0 saturated heterocycles. The predicted octanol–water partition coefficient (Wildman–Crippen LogP) is 5.14. The van der Waals surface area contributed by atoms with Crippen molar-refractivity contribution in [2.24, 2.45) is 23.7 Å². The molecule has 1 unspecified atom stereocenters. The number of halogens is 1. The van der Waals surface area contributed by atoms with E-state index in [2.05, 4.69) is 20.4 Å². The smallest absolute Gasteiger partial charge is 0.100 e. The summed E-state index contributed by atoms with van der Waals surface area (Å²) in [7, 11) is 0. The molecule has 0 heterocycles. The van der Waals surface area contributed by atoms with Gasteiger partial charge in [0.15, 0.2) is 0 Å². The fourth-order valence-corrected chi connectivity index (χ4v) is 3.69. The lowest BCUT2D eigenvalue weighted by atomic mass is 9.71. The van der Waals surface area contributed by atoms with E-state index >= 15 is 0 Å². The number of hydrogen-bond acceptors (Lipinski definition) is 1. The van der Waals surface area contributed by atoms with Crippen molar-refractivity contribution in [3.63, 3.8) is 0 Å². The Bertz CT molecular complexity index is 279. The first kappa shape index (κ1) is 17.7. The van der Waals surface area contributed by atoms with Crippen LogP contribution in [0, 0.1) is 23.7 Å². The maximum Gasteiger partial charge on any atom is 0.100 e. The minimum Gasteiger partial charge on any atom is -0.396 e. The van der Waals surface area contributed by atoms with Crippen LogP contribution in [0.15, 0.2) is 12.2 Å². The summed E-state index contributed by atoms with van der Waals surface area (Å²) in [6, 6.07) is 0. The van der Waals surface area contributed by atoms with E-state index < -0.39 is 6.17 Å². The Labute approximate surface area is 124 Å². The van der Waals surface area contributed by atoms with Crippen molar-refractivity contribution in [2.45, 2.75) is 71.9 Å². The molecule has 1 aliphatic carbocycles. The van der Waals surface area contributed by atoms with E-state index in [0.29, 0.717) is 30.1 Å². The summed E-state index contributed by atoms with van der Waals surface area (Å²) >= 11 is 0. The lowest BCUT2D eigenvalue weighted by molar-refractivity contribution is 0.195. The zero-order chi connectivity index (χ0) is 15.1. The van der Waals surface area contributed by atoms with Crippen LogP contribution in [0.2, 0.25) is 0 Å². The third-order valence-corrected chi connectivity index (χ3v) is 5.12. The third-order valence-electron chi connectivity index (χ3n) is 5.12. The molecule has 1 saturated carbocycles. The quantitative estimate of drug-likeness (QED) is 0.612. The second-order valence-electron chi connectivity index (χ2n) is 6.90. The number of hydrogen-bond donors (Lipinski definition) is 1.